The first-order valence-electron chi connectivity index (χ1n) is 6.57. The van der Waals surface area contributed by atoms with Crippen molar-refractivity contribution in [2.75, 3.05) is 20.2 Å². The van der Waals surface area contributed by atoms with Crippen LogP contribution in [0.15, 0.2) is 30.3 Å². The smallest absolute Gasteiger partial charge is 0.0462 e. The third-order valence-corrected chi connectivity index (χ3v) is 3.54. The average Bonchev–Trinajstić information content (AvgIpc) is 2.38. The lowest BCUT2D eigenvalue weighted by Gasteiger charge is -2.21. The van der Waals surface area contributed by atoms with E-state index in [1.807, 2.05) is 7.05 Å². The number of aliphatic hydroxyl groups is 1. The van der Waals surface area contributed by atoms with Gasteiger partial charge in [0.25, 0.3) is 0 Å². The van der Waals surface area contributed by atoms with Crippen molar-refractivity contribution in [3.8, 4) is 0 Å². The van der Waals surface area contributed by atoms with E-state index in [1.54, 1.807) is 0 Å². The Balaban J connectivity index is 2.34. The summed E-state index contributed by atoms with van der Waals surface area (Å²) in [6, 6.07) is 10.6. The maximum absolute atomic E-state index is 9.39. The summed E-state index contributed by atoms with van der Waals surface area (Å²) in [5.41, 5.74) is 1.39. The van der Waals surface area contributed by atoms with Crippen molar-refractivity contribution in [1.29, 1.82) is 0 Å². The molecule has 96 valence electrons. The molecule has 0 bridgehead atoms. The lowest BCUT2D eigenvalue weighted by atomic mass is 9.87. The van der Waals surface area contributed by atoms with Crippen LogP contribution in [0, 0.1) is 11.8 Å². The standard InChI is InChI=1S/C15H25NO/c1-13(15(12-17)10-11-16-2)8-9-14-6-4-3-5-7-14/h3-7,13,15-17H,8-12H2,1-2H3. The van der Waals surface area contributed by atoms with E-state index in [4.69, 9.17) is 0 Å². The first-order valence-corrected chi connectivity index (χ1v) is 6.57. The van der Waals surface area contributed by atoms with Crippen molar-refractivity contribution in [1.82, 2.24) is 5.32 Å². The highest BCUT2D eigenvalue weighted by Gasteiger charge is 2.15. The SMILES string of the molecule is CNCCC(CO)C(C)CCc1ccccc1. The molecule has 0 amide bonds. The first-order chi connectivity index (χ1) is 8.27. The molecule has 1 aromatic rings. The quantitative estimate of drug-likeness (QED) is 0.725. The molecular formula is C15H25NO. The van der Waals surface area contributed by atoms with Gasteiger partial charge in [-0.15, -0.1) is 0 Å². The molecule has 0 aromatic heterocycles. The summed E-state index contributed by atoms with van der Waals surface area (Å²) in [6.45, 7) is 3.54. The fraction of sp³-hybridized carbons (Fsp3) is 0.600. The van der Waals surface area contributed by atoms with Crippen LogP contribution in [-0.4, -0.2) is 25.3 Å². The molecule has 2 atom stereocenters. The second-order valence-electron chi connectivity index (χ2n) is 4.84. The summed E-state index contributed by atoms with van der Waals surface area (Å²) in [7, 11) is 1.96. The van der Waals surface area contributed by atoms with Gasteiger partial charge in [0, 0.05) is 6.61 Å². The Bertz CT molecular complexity index is 286. The molecule has 2 unspecified atom stereocenters. The van der Waals surface area contributed by atoms with E-state index in [9.17, 15) is 5.11 Å². The maximum Gasteiger partial charge on any atom is 0.0462 e. The third kappa shape index (κ3) is 5.33. The molecular weight excluding hydrogens is 210 g/mol. The molecule has 0 aliphatic heterocycles. The third-order valence-electron chi connectivity index (χ3n) is 3.54. The van der Waals surface area contributed by atoms with Crippen molar-refractivity contribution < 1.29 is 5.11 Å². The number of aryl methyl sites for hydroxylation is 1. The molecule has 0 saturated carbocycles. The maximum atomic E-state index is 9.39. The molecule has 0 saturated heterocycles. The topological polar surface area (TPSA) is 32.3 Å². The molecule has 0 aliphatic carbocycles. The Hall–Kier alpha value is -0.860. The summed E-state index contributed by atoms with van der Waals surface area (Å²) in [4.78, 5) is 0. The minimum atomic E-state index is 0.303. The van der Waals surface area contributed by atoms with Gasteiger partial charge in [0.15, 0.2) is 0 Å². The zero-order valence-electron chi connectivity index (χ0n) is 11.0. The summed E-state index contributed by atoms with van der Waals surface area (Å²) in [5, 5.41) is 12.5. The number of rotatable bonds is 8. The van der Waals surface area contributed by atoms with E-state index in [0.29, 0.717) is 18.4 Å². The molecule has 2 heteroatoms. The Labute approximate surface area is 105 Å². The summed E-state index contributed by atoms with van der Waals surface area (Å²) in [6.07, 6.45) is 3.32. The van der Waals surface area contributed by atoms with Crippen molar-refractivity contribution in [3.05, 3.63) is 35.9 Å². The second kappa shape index (κ2) is 8.26. The molecule has 2 nitrogen and oxygen atoms in total. The zero-order valence-corrected chi connectivity index (χ0v) is 11.0. The van der Waals surface area contributed by atoms with Gasteiger partial charge in [-0.25, -0.2) is 0 Å². The van der Waals surface area contributed by atoms with Gasteiger partial charge in [-0.2, -0.15) is 0 Å². The zero-order chi connectivity index (χ0) is 12.5. The molecule has 2 N–H and O–H groups in total. The van der Waals surface area contributed by atoms with E-state index in [2.05, 4.69) is 42.6 Å². The van der Waals surface area contributed by atoms with Crippen LogP contribution in [0.1, 0.15) is 25.3 Å². The molecule has 0 heterocycles. The highest BCUT2D eigenvalue weighted by Crippen LogP contribution is 2.20. The minimum absolute atomic E-state index is 0.303. The predicted octanol–water partition coefficient (Wildman–Crippen LogP) is 2.47. The molecule has 0 radical (unpaired) electrons. The molecule has 1 aromatic carbocycles. The van der Waals surface area contributed by atoms with E-state index in [0.717, 1.165) is 25.8 Å². The monoisotopic (exact) mass is 235 g/mol. The Morgan fingerprint density at radius 3 is 2.47 bits per heavy atom. The molecule has 0 spiro atoms. The number of hydrogen-bond acceptors (Lipinski definition) is 2. The lowest BCUT2D eigenvalue weighted by Crippen LogP contribution is -2.22. The van der Waals surface area contributed by atoms with Crippen molar-refractivity contribution >= 4 is 0 Å². The highest BCUT2D eigenvalue weighted by atomic mass is 16.3. The second-order valence-corrected chi connectivity index (χ2v) is 4.84. The van der Waals surface area contributed by atoms with Crippen molar-refractivity contribution in [3.63, 3.8) is 0 Å². The van der Waals surface area contributed by atoms with Crippen molar-refractivity contribution in [2.45, 2.75) is 26.2 Å². The highest BCUT2D eigenvalue weighted by molar-refractivity contribution is 5.14. The summed E-state index contributed by atoms with van der Waals surface area (Å²) >= 11 is 0. The number of aliphatic hydroxyl groups excluding tert-OH is 1. The van der Waals surface area contributed by atoms with Crippen LogP contribution in [0.5, 0.6) is 0 Å². The summed E-state index contributed by atoms with van der Waals surface area (Å²) < 4.78 is 0. The fourth-order valence-electron chi connectivity index (χ4n) is 2.16. The normalized spacial score (nSPS) is 14.5. The van der Waals surface area contributed by atoms with Crippen LogP contribution in [0.25, 0.3) is 0 Å². The van der Waals surface area contributed by atoms with Crippen LogP contribution in [0.2, 0.25) is 0 Å². The van der Waals surface area contributed by atoms with Gasteiger partial charge >= 0.3 is 0 Å². The van der Waals surface area contributed by atoms with Crippen LogP contribution in [-0.2, 0) is 6.42 Å². The van der Waals surface area contributed by atoms with E-state index in [1.165, 1.54) is 5.56 Å². The van der Waals surface area contributed by atoms with E-state index in [-0.39, 0.29) is 0 Å². The van der Waals surface area contributed by atoms with Crippen LogP contribution < -0.4 is 5.32 Å². The van der Waals surface area contributed by atoms with Gasteiger partial charge in [-0.3, -0.25) is 0 Å². The number of hydrogen-bond donors (Lipinski definition) is 2. The predicted molar refractivity (Wildman–Crippen MR) is 73.0 cm³/mol. The number of benzene rings is 1. The summed E-state index contributed by atoms with van der Waals surface area (Å²) in [5.74, 6) is 1.000. The fourth-order valence-corrected chi connectivity index (χ4v) is 2.16. The Morgan fingerprint density at radius 2 is 1.88 bits per heavy atom. The average molecular weight is 235 g/mol. The van der Waals surface area contributed by atoms with Gasteiger partial charge in [-0.1, -0.05) is 37.3 Å². The van der Waals surface area contributed by atoms with Crippen molar-refractivity contribution in [2.24, 2.45) is 11.8 Å². The lowest BCUT2D eigenvalue weighted by molar-refractivity contribution is 0.169. The van der Waals surface area contributed by atoms with E-state index < -0.39 is 0 Å². The van der Waals surface area contributed by atoms with Gasteiger partial charge < -0.3 is 10.4 Å². The Morgan fingerprint density at radius 1 is 1.18 bits per heavy atom. The molecule has 17 heavy (non-hydrogen) atoms. The van der Waals surface area contributed by atoms with Gasteiger partial charge in [0.05, 0.1) is 0 Å². The van der Waals surface area contributed by atoms with Crippen LogP contribution in [0.4, 0.5) is 0 Å². The van der Waals surface area contributed by atoms with Gasteiger partial charge in [0.2, 0.25) is 0 Å². The number of nitrogens with one attached hydrogen (secondary N) is 1. The molecule has 1 rings (SSSR count). The molecule has 0 fully saturated rings. The molecule has 0 aliphatic rings. The minimum Gasteiger partial charge on any atom is -0.396 e. The van der Waals surface area contributed by atoms with E-state index >= 15 is 0 Å². The largest absolute Gasteiger partial charge is 0.396 e. The van der Waals surface area contributed by atoms with Gasteiger partial charge in [-0.05, 0) is 50.3 Å². The first kappa shape index (κ1) is 14.2. The van der Waals surface area contributed by atoms with Gasteiger partial charge in [0.1, 0.15) is 0 Å². The van der Waals surface area contributed by atoms with Crippen LogP contribution >= 0.6 is 0 Å². The van der Waals surface area contributed by atoms with Crippen LogP contribution in [0.3, 0.4) is 0 Å². The Kier molecular flexibility index (Phi) is 6.90.